The number of primary sulfonamides is 1. The minimum absolute atomic E-state index is 0.00876. The number of rotatable bonds is 13. The molecule has 0 aliphatic heterocycles. The molecular formula is C20H29N6O7S2+. The van der Waals surface area contributed by atoms with Crippen LogP contribution >= 0.6 is 12.6 Å². The fourth-order valence-electron chi connectivity index (χ4n) is 3.11. The first kappa shape index (κ1) is 28.1. The van der Waals surface area contributed by atoms with E-state index in [-0.39, 0.29) is 25.0 Å². The number of benzene rings is 1. The van der Waals surface area contributed by atoms with E-state index in [4.69, 9.17) is 5.14 Å². The largest absolute Gasteiger partial charge is 0.508 e. The Labute approximate surface area is 207 Å². The normalized spacial score (nSPS) is 14.9. The number of phenolic OH excluding ortho intramolecular Hbond substituents is 1. The number of quaternary nitrogens is 1. The summed E-state index contributed by atoms with van der Waals surface area (Å²) in [5.41, 5.74) is 4.82. The van der Waals surface area contributed by atoms with Crippen LogP contribution in [0.5, 0.6) is 5.75 Å². The molecule has 1 aromatic heterocycles. The monoisotopic (exact) mass is 529 g/mol. The molecule has 0 saturated carbocycles. The molecule has 0 bridgehead atoms. The second kappa shape index (κ2) is 12.5. The Morgan fingerprint density at radius 1 is 1.11 bits per heavy atom. The highest BCUT2D eigenvalue weighted by Gasteiger charge is 2.32. The van der Waals surface area contributed by atoms with Gasteiger partial charge in [0.25, 0.3) is 0 Å². The van der Waals surface area contributed by atoms with E-state index in [2.05, 4.69) is 39.0 Å². The average molecular weight is 530 g/mol. The molecule has 2 rings (SSSR count). The summed E-state index contributed by atoms with van der Waals surface area (Å²) in [5.74, 6) is -3.12. The molecule has 0 unspecified atom stereocenters. The van der Waals surface area contributed by atoms with Gasteiger partial charge in [0.2, 0.25) is 21.8 Å². The van der Waals surface area contributed by atoms with Crippen LogP contribution in [-0.4, -0.2) is 75.5 Å². The Hall–Kier alpha value is -3.14. The third-order valence-electron chi connectivity index (χ3n) is 5.09. The highest BCUT2D eigenvalue weighted by molar-refractivity contribution is 7.89. The van der Waals surface area contributed by atoms with E-state index in [1.165, 1.54) is 24.7 Å². The van der Waals surface area contributed by atoms with E-state index in [0.717, 1.165) is 0 Å². The summed E-state index contributed by atoms with van der Waals surface area (Å²) in [5, 5.41) is 27.9. The topological polar surface area (TPSA) is 232 Å². The number of H-pyrrole nitrogens is 1. The van der Waals surface area contributed by atoms with Crippen molar-refractivity contribution in [1.82, 2.24) is 20.6 Å². The molecule has 15 heteroatoms. The molecule has 35 heavy (non-hydrogen) atoms. The summed E-state index contributed by atoms with van der Waals surface area (Å²) in [6, 6.07) is 2.68. The molecule has 2 amide bonds. The molecule has 0 spiro atoms. The van der Waals surface area contributed by atoms with E-state index < -0.39 is 56.9 Å². The third-order valence-corrected chi connectivity index (χ3v) is 6.55. The Balaban J connectivity index is 2.16. The van der Waals surface area contributed by atoms with Gasteiger partial charge in [0.1, 0.15) is 29.1 Å². The number of amides is 2. The Kier molecular flexibility index (Phi) is 10.1. The number of carboxylic acids is 1. The number of nitrogens with two attached hydrogens (primary N) is 1. The van der Waals surface area contributed by atoms with Gasteiger partial charge in [-0.15, -0.1) is 0 Å². The molecule has 2 aromatic rings. The number of phenols is 1. The van der Waals surface area contributed by atoms with Gasteiger partial charge < -0.3 is 31.6 Å². The molecule has 4 atom stereocenters. The number of imidazole rings is 1. The molecule has 10 N–H and O–H groups in total. The number of carbonyl (C=O) groups is 3. The molecule has 1 aromatic carbocycles. The number of sulfonamides is 1. The lowest BCUT2D eigenvalue weighted by molar-refractivity contribution is -0.416. The third kappa shape index (κ3) is 9.56. The molecule has 0 saturated heterocycles. The van der Waals surface area contributed by atoms with Crippen molar-refractivity contribution in [3.05, 3.63) is 48.0 Å². The SMILES string of the molecule is NS(=O)(=O)CC[C@H]([NH3+])[C@H](S)C(=O)N[C@@H](Cc1ccc(O)cc1)C(=O)N[C@@H](Cc1cnc[nH]1)C(=O)O. The van der Waals surface area contributed by atoms with Crippen molar-refractivity contribution in [1.29, 1.82) is 0 Å². The van der Waals surface area contributed by atoms with Crippen LogP contribution in [0, 0.1) is 0 Å². The summed E-state index contributed by atoms with van der Waals surface area (Å²) < 4.78 is 22.4. The van der Waals surface area contributed by atoms with Gasteiger partial charge in [-0.3, -0.25) is 9.59 Å². The standard InChI is InChI=1S/C20H28N6O7S2/c21-14(5-6-35(22,32)33)17(34)19(29)25-15(7-11-1-3-13(27)4-2-11)18(28)26-16(20(30)31)8-12-9-23-10-24-12/h1-4,9-10,14-17,27,34H,5-8,21H2,(H,23,24)(H,25,29)(H,26,28)(H,30,31)(H2,22,32,33)/p+1/t14-,15-,16-,17-/m0/s1. The van der Waals surface area contributed by atoms with Gasteiger partial charge in [-0.1, -0.05) is 12.1 Å². The zero-order valence-corrected chi connectivity index (χ0v) is 20.3. The fourth-order valence-corrected chi connectivity index (χ4v) is 3.97. The molecule has 0 fully saturated rings. The Morgan fingerprint density at radius 3 is 2.29 bits per heavy atom. The fraction of sp³-hybridized carbons (Fsp3) is 0.400. The number of aromatic amines is 1. The number of aromatic hydroxyl groups is 1. The van der Waals surface area contributed by atoms with Crippen LogP contribution in [0.1, 0.15) is 17.7 Å². The molecule has 0 aliphatic rings. The number of aromatic nitrogens is 2. The zero-order valence-electron chi connectivity index (χ0n) is 18.6. The van der Waals surface area contributed by atoms with Gasteiger partial charge in [0, 0.05) is 31.2 Å². The average Bonchev–Trinajstić information content (AvgIpc) is 3.30. The molecule has 0 aliphatic carbocycles. The molecule has 1 heterocycles. The maximum atomic E-state index is 13.0. The van der Waals surface area contributed by atoms with Crippen molar-refractivity contribution in [2.24, 2.45) is 5.14 Å². The highest BCUT2D eigenvalue weighted by Crippen LogP contribution is 2.13. The number of thiol groups is 1. The lowest BCUT2D eigenvalue weighted by atomic mass is 10.0. The van der Waals surface area contributed by atoms with Gasteiger partial charge in [0.15, 0.2) is 0 Å². The smallest absolute Gasteiger partial charge is 0.326 e. The maximum absolute atomic E-state index is 13.0. The lowest BCUT2D eigenvalue weighted by Crippen LogP contribution is -2.68. The summed E-state index contributed by atoms with van der Waals surface area (Å²) >= 11 is 4.21. The minimum atomic E-state index is -3.76. The Bertz CT molecular complexity index is 1110. The first-order valence-corrected chi connectivity index (χ1v) is 12.7. The summed E-state index contributed by atoms with van der Waals surface area (Å²) in [6.07, 6.45) is 2.69. The van der Waals surface area contributed by atoms with Crippen LogP contribution in [-0.2, 0) is 37.2 Å². The van der Waals surface area contributed by atoms with Crippen LogP contribution in [0.15, 0.2) is 36.8 Å². The first-order valence-electron chi connectivity index (χ1n) is 10.5. The van der Waals surface area contributed by atoms with Crippen molar-refractivity contribution < 1.29 is 38.7 Å². The van der Waals surface area contributed by atoms with E-state index in [1.54, 1.807) is 12.1 Å². The van der Waals surface area contributed by atoms with Crippen LogP contribution in [0.4, 0.5) is 0 Å². The number of nitrogens with one attached hydrogen (secondary N) is 3. The van der Waals surface area contributed by atoms with Gasteiger partial charge >= 0.3 is 5.97 Å². The summed E-state index contributed by atoms with van der Waals surface area (Å²) in [4.78, 5) is 44.1. The van der Waals surface area contributed by atoms with Crippen molar-refractivity contribution in [2.75, 3.05) is 5.75 Å². The van der Waals surface area contributed by atoms with Gasteiger partial charge in [-0.25, -0.2) is 23.3 Å². The number of carbonyl (C=O) groups excluding carboxylic acids is 2. The summed E-state index contributed by atoms with van der Waals surface area (Å²) in [6.45, 7) is 0. The summed E-state index contributed by atoms with van der Waals surface area (Å²) in [7, 11) is -3.76. The van der Waals surface area contributed by atoms with E-state index >= 15 is 0 Å². The van der Waals surface area contributed by atoms with Crippen LogP contribution < -0.4 is 21.5 Å². The van der Waals surface area contributed by atoms with Gasteiger partial charge in [-0.2, -0.15) is 12.6 Å². The lowest BCUT2D eigenvalue weighted by Gasteiger charge is -2.23. The number of hydrogen-bond acceptors (Lipinski definition) is 8. The molecular weight excluding hydrogens is 500 g/mol. The predicted octanol–water partition coefficient (Wildman–Crippen LogP) is -2.46. The zero-order chi connectivity index (χ0) is 26.2. The van der Waals surface area contributed by atoms with Gasteiger partial charge in [0.05, 0.1) is 12.1 Å². The van der Waals surface area contributed by atoms with Crippen molar-refractivity contribution in [2.45, 2.75) is 42.6 Å². The van der Waals surface area contributed by atoms with E-state index in [0.29, 0.717) is 11.3 Å². The number of carboxylic acid groups (broad SMARTS) is 1. The van der Waals surface area contributed by atoms with Crippen molar-refractivity contribution in [3.63, 3.8) is 0 Å². The van der Waals surface area contributed by atoms with Crippen LogP contribution in [0.2, 0.25) is 0 Å². The predicted molar refractivity (Wildman–Crippen MR) is 128 cm³/mol. The van der Waals surface area contributed by atoms with Crippen molar-refractivity contribution in [3.8, 4) is 5.75 Å². The maximum Gasteiger partial charge on any atom is 0.326 e. The second-order valence-electron chi connectivity index (χ2n) is 7.97. The Morgan fingerprint density at radius 2 is 1.74 bits per heavy atom. The van der Waals surface area contributed by atoms with E-state index in [9.17, 15) is 33.0 Å². The quantitative estimate of drug-likeness (QED) is 0.129. The minimum Gasteiger partial charge on any atom is -0.508 e. The van der Waals surface area contributed by atoms with E-state index in [1.807, 2.05) is 0 Å². The number of hydrogen-bond donors (Lipinski definition) is 8. The number of nitrogens with zero attached hydrogens (tertiary/aromatic N) is 1. The number of aliphatic carboxylic acids is 1. The van der Waals surface area contributed by atoms with Crippen LogP contribution in [0.25, 0.3) is 0 Å². The first-order chi connectivity index (χ1) is 16.4. The van der Waals surface area contributed by atoms with Crippen molar-refractivity contribution >= 4 is 40.4 Å². The second-order valence-corrected chi connectivity index (χ2v) is 10.3. The molecule has 13 nitrogen and oxygen atoms in total. The van der Waals surface area contributed by atoms with Gasteiger partial charge in [-0.05, 0) is 17.7 Å². The highest BCUT2D eigenvalue weighted by atomic mass is 32.2. The van der Waals surface area contributed by atoms with Crippen LogP contribution in [0.3, 0.4) is 0 Å². The molecule has 192 valence electrons. The molecule has 0 radical (unpaired) electrons.